The molecule has 0 amide bonds. The molecule has 82 valence electrons. The second-order valence-corrected chi connectivity index (χ2v) is 3.78. The number of hydrogen-bond donors (Lipinski definition) is 2. The topological polar surface area (TPSA) is 59.1 Å². The molecule has 2 rings (SSSR count). The molecule has 0 aliphatic heterocycles. The van der Waals surface area contributed by atoms with E-state index in [1.807, 2.05) is 43.3 Å². The number of nitrogen functional groups attached to an aromatic ring is 1. The first kappa shape index (κ1) is 10.6. The number of aliphatic hydroxyl groups excluding tert-OH is 1. The number of aliphatic hydroxyl groups is 1. The number of aromatic nitrogens is 1. The van der Waals surface area contributed by atoms with E-state index in [2.05, 4.69) is 4.98 Å². The van der Waals surface area contributed by atoms with Crippen LogP contribution in [0.15, 0.2) is 42.6 Å². The van der Waals surface area contributed by atoms with Gasteiger partial charge in [-0.1, -0.05) is 30.3 Å². The highest BCUT2D eigenvalue weighted by Gasteiger charge is 2.11. The Balaban J connectivity index is 2.34. The number of pyridine rings is 1. The van der Waals surface area contributed by atoms with Crippen molar-refractivity contribution >= 4 is 5.82 Å². The SMILES string of the molecule is Cc1cc(C(O)c2ccccc2)cnc1N. The molecule has 16 heavy (non-hydrogen) atoms. The number of anilines is 1. The molecule has 0 fully saturated rings. The van der Waals surface area contributed by atoms with Crippen LogP contribution < -0.4 is 5.73 Å². The zero-order chi connectivity index (χ0) is 11.5. The lowest BCUT2D eigenvalue weighted by Gasteiger charge is -2.12. The molecule has 1 atom stereocenters. The van der Waals surface area contributed by atoms with Crippen molar-refractivity contribution in [2.75, 3.05) is 5.73 Å². The van der Waals surface area contributed by atoms with Gasteiger partial charge in [0.05, 0.1) is 0 Å². The monoisotopic (exact) mass is 214 g/mol. The summed E-state index contributed by atoms with van der Waals surface area (Å²) < 4.78 is 0. The van der Waals surface area contributed by atoms with Crippen molar-refractivity contribution in [3.05, 3.63) is 59.3 Å². The van der Waals surface area contributed by atoms with Crippen molar-refractivity contribution in [2.45, 2.75) is 13.0 Å². The lowest BCUT2D eigenvalue weighted by molar-refractivity contribution is 0.220. The summed E-state index contributed by atoms with van der Waals surface area (Å²) in [5.74, 6) is 0.504. The molecule has 3 N–H and O–H groups in total. The van der Waals surface area contributed by atoms with Gasteiger partial charge in [0.2, 0.25) is 0 Å². The molecular formula is C13H14N2O. The Kier molecular flexibility index (Phi) is 2.88. The molecule has 1 aromatic heterocycles. The van der Waals surface area contributed by atoms with E-state index < -0.39 is 6.10 Å². The van der Waals surface area contributed by atoms with Gasteiger partial charge in [0.25, 0.3) is 0 Å². The molecule has 0 saturated heterocycles. The van der Waals surface area contributed by atoms with Crippen LogP contribution in [0, 0.1) is 6.92 Å². The maximum absolute atomic E-state index is 10.1. The summed E-state index contributed by atoms with van der Waals surface area (Å²) in [5, 5.41) is 10.1. The van der Waals surface area contributed by atoms with Crippen LogP contribution in [-0.2, 0) is 0 Å². The number of nitrogens with two attached hydrogens (primary N) is 1. The van der Waals surface area contributed by atoms with Gasteiger partial charge in [0, 0.05) is 11.8 Å². The summed E-state index contributed by atoms with van der Waals surface area (Å²) in [5.41, 5.74) is 8.13. The van der Waals surface area contributed by atoms with Gasteiger partial charge in [-0.05, 0) is 24.1 Å². The molecule has 3 nitrogen and oxygen atoms in total. The third-order valence-corrected chi connectivity index (χ3v) is 2.57. The van der Waals surface area contributed by atoms with Gasteiger partial charge in [-0.25, -0.2) is 4.98 Å². The third kappa shape index (κ3) is 2.04. The maximum atomic E-state index is 10.1. The van der Waals surface area contributed by atoms with Crippen LogP contribution in [0.25, 0.3) is 0 Å². The Bertz CT molecular complexity index is 483. The Morgan fingerprint density at radius 2 is 1.88 bits per heavy atom. The van der Waals surface area contributed by atoms with E-state index in [1.165, 1.54) is 0 Å². The Morgan fingerprint density at radius 3 is 2.50 bits per heavy atom. The van der Waals surface area contributed by atoms with E-state index in [0.717, 1.165) is 16.7 Å². The fraction of sp³-hybridized carbons (Fsp3) is 0.154. The van der Waals surface area contributed by atoms with Crippen LogP contribution in [-0.4, -0.2) is 10.1 Å². The van der Waals surface area contributed by atoms with E-state index in [0.29, 0.717) is 5.82 Å². The van der Waals surface area contributed by atoms with Gasteiger partial charge >= 0.3 is 0 Å². The van der Waals surface area contributed by atoms with E-state index in [1.54, 1.807) is 6.20 Å². The first-order valence-electron chi connectivity index (χ1n) is 5.13. The van der Waals surface area contributed by atoms with Crippen LogP contribution in [0.2, 0.25) is 0 Å². The molecule has 0 bridgehead atoms. The van der Waals surface area contributed by atoms with Gasteiger partial charge in [0.1, 0.15) is 11.9 Å². The van der Waals surface area contributed by atoms with Crippen LogP contribution in [0.4, 0.5) is 5.82 Å². The van der Waals surface area contributed by atoms with E-state index in [9.17, 15) is 5.11 Å². The summed E-state index contributed by atoms with van der Waals surface area (Å²) in [6.45, 7) is 1.88. The van der Waals surface area contributed by atoms with Crippen LogP contribution in [0.5, 0.6) is 0 Å². The molecule has 0 aliphatic carbocycles. The van der Waals surface area contributed by atoms with Gasteiger partial charge in [0.15, 0.2) is 0 Å². The minimum Gasteiger partial charge on any atom is -0.384 e. The average Bonchev–Trinajstić information content (AvgIpc) is 2.33. The smallest absolute Gasteiger partial charge is 0.126 e. The standard InChI is InChI=1S/C13H14N2O/c1-9-7-11(8-15-13(9)14)12(16)10-5-3-2-4-6-10/h2-8,12,16H,1H3,(H2,14,15). The fourth-order valence-corrected chi connectivity index (χ4v) is 1.58. The molecular weight excluding hydrogens is 200 g/mol. The van der Waals surface area contributed by atoms with E-state index >= 15 is 0 Å². The quantitative estimate of drug-likeness (QED) is 0.804. The molecule has 0 aliphatic rings. The lowest BCUT2D eigenvalue weighted by atomic mass is 10.0. The first-order chi connectivity index (χ1) is 7.68. The van der Waals surface area contributed by atoms with E-state index in [4.69, 9.17) is 5.73 Å². The molecule has 1 heterocycles. The second kappa shape index (κ2) is 4.33. The Labute approximate surface area is 94.6 Å². The largest absolute Gasteiger partial charge is 0.384 e. The number of nitrogens with zero attached hydrogens (tertiary/aromatic N) is 1. The average molecular weight is 214 g/mol. The minimum absolute atomic E-state index is 0.504. The first-order valence-corrected chi connectivity index (χ1v) is 5.13. The predicted molar refractivity (Wildman–Crippen MR) is 63.9 cm³/mol. The van der Waals surface area contributed by atoms with Crippen LogP contribution >= 0.6 is 0 Å². The minimum atomic E-state index is -0.645. The van der Waals surface area contributed by atoms with E-state index in [-0.39, 0.29) is 0 Å². The fourth-order valence-electron chi connectivity index (χ4n) is 1.58. The lowest BCUT2D eigenvalue weighted by Crippen LogP contribution is -2.02. The highest BCUT2D eigenvalue weighted by atomic mass is 16.3. The molecule has 1 unspecified atom stereocenters. The normalized spacial score (nSPS) is 12.4. The van der Waals surface area contributed by atoms with Crippen molar-refractivity contribution in [1.82, 2.24) is 4.98 Å². The zero-order valence-electron chi connectivity index (χ0n) is 9.09. The number of rotatable bonds is 2. The van der Waals surface area contributed by atoms with Gasteiger partial charge < -0.3 is 10.8 Å². The van der Waals surface area contributed by atoms with Crippen molar-refractivity contribution in [1.29, 1.82) is 0 Å². The Hall–Kier alpha value is -1.87. The third-order valence-electron chi connectivity index (χ3n) is 2.57. The summed E-state index contributed by atoms with van der Waals surface area (Å²) in [7, 11) is 0. The molecule has 2 aromatic rings. The zero-order valence-corrected chi connectivity index (χ0v) is 9.09. The predicted octanol–water partition coefficient (Wildman–Crippen LogP) is 2.05. The van der Waals surface area contributed by atoms with Crippen LogP contribution in [0.1, 0.15) is 22.8 Å². The summed E-state index contributed by atoms with van der Waals surface area (Å²) in [4.78, 5) is 4.04. The number of benzene rings is 1. The summed E-state index contributed by atoms with van der Waals surface area (Å²) in [6.07, 6.45) is 0.966. The number of hydrogen-bond acceptors (Lipinski definition) is 3. The van der Waals surface area contributed by atoms with Crippen molar-refractivity contribution in [3.63, 3.8) is 0 Å². The number of aryl methyl sites for hydroxylation is 1. The maximum Gasteiger partial charge on any atom is 0.126 e. The molecule has 0 saturated carbocycles. The van der Waals surface area contributed by atoms with Crippen molar-refractivity contribution < 1.29 is 5.11 Å². The van der Waals surface area contributed by atoms with Gasteiger partial charge in [-0.2, -0.15) is 0 Å². The summed E-state index contributed by atoms with van der Waals surface area (Å²) in [6, 6.07) is 11.3. The van der Waals surface area contributed by atoms with Gasteiger partial charge in [-0.3, -0.25) is 0 Å². The van der Waals surface area contributed by atoms with Crippen molar-refractivity contribution in [2.24, 2.45) is 0 Å². The van der Waals surface area contributed by atoms with Gasteiger partial charge in [-0.15, -0.1) is 0 Å². The Morgan fingerprint density at radius 1 is 1.19 bits per heavy atom. The molecule has 1 aromatic carbocycles. The molecule has 0 spiro atoms. The van der Waals surface area contributed by atoms with Crippen molar-refractivity contribution in [3.8, 4) is 0 Å². The highest BCUT2D eigenvalue weighted by molar-refractivity contribution is 5.41. The molecule has 3 heteroatoms. The highest BCUT2D eigenvalue weighted by Crippen LogP contribution is 2.22. The van der Waals surface area contributed by atoms with Crippen LogP contribution in [0.3, 0.4) is 0 Å². The second-order valence-electron chi connectivity index (χ2n) is 3.78. The molecule has 0 radical (unpaired) electrons. The summed E-state index contributed by atoms with van der Waals surface area (Å²) >= 11 is 0.